The molecule has 0 fully saturated rings. The minimum absolute atomic E-state index is 0.0554. The highest BCUT2D eigenvalue weighted by Gasteiger charge is 2.43. The van der Waals surface area contributed by atoms with Crippen LogP contribution in [0.25, 0.3) is 0 Å². The number of allylic oxidation sites excluding steroid dienone is 2. The van der Waals surface area contributed by atoms with Gasteiger partial charge in [-0.05, 0) is 23.5 Å². The zero-order valence-corrected chi connectivity index (χ0v) is 14.5. The van der Waals surface area contributed by atoms with Gasteiger partial charge >= 0.3 is 5.97 Å². The molecule has 0 saturated heterocycles. The summed E-state index contributed by atoms with van der Waals surface area (Å²) in [5, 5.41) is 18.1. The molecule has 0 spiro atoms. The molecule has 4 N–H and O–H groups in total. The number of aromatic amines is 2. The molecule has 7 heteroatoms. The van der Waals surface area contributed by atoms with Crippen molar-refractivity contribution in [1.82, 2.24) is 10.2 Å². The van der Waals surface area contributed by atoms with Crippen molar-refractivity contribution < 1.29 is 14.7 Å². The highest BCUT2D eigenvalue weighted by Crippen LogP contribution is 2.48. The second-order valence-electron chi connectivity index (χ2n) is 7.65. The average molecular weight is 353 g/mol. The summed E-state index contributed by atoms with van der Waals surface area (Å²) in [5.41, 5.74) is 1.58. The molecule has 2 aliphatic rings. The quantitative estimate of drug-likeness (QED) is 0.662. The predicted octanol–water partition coefficient (Wildman–Crippen LogP) is 2.60. The highest BCUT2D eigenvalue weighted by molar-refractivity contribution is 6.02. The lowest BCUT2D eigenvalue weighted by atomic mass is 9.69. The Morgan fingerprint density at radius 1 is 1.15 bits per heavy atom. The number of carboxylic acids is 1. The summed E-state index contributed by atoms with van der Waals surface area (Å²) >= 11 is 0. The van der Waals surface area contributed by atoms with Crippen LogP contribution in [-0.2, 0) is 4.79 Å². The second kappa shape index (κ2) is 5.45. The van der Waals surface area contributed by atoms with Crippen LogP contribution >= 0.6 is 0 Å². The number of H-pyrrole nitrogens is 2. The third-order valence-electron chi connectivity index (χ3n) is 5.09. The van der Waals surface area contributed by atoms with Crippen LogP contribution in [-0.4, -0.2) is 27.1 Å². The van der Waals surface area contributed by atoms with Gasteiger partial charge in [-0.25, -0.2) is 4.79 Å². The number of carbonyl (C=O) groups is 2. The summed E-state index contributed by atoms with van der Waals surface area (Å²) in [4.78, 5) is 37.1. The number of ketones is 1. The van der Waals surface area contributed by atoms with Crippen LogP contribution in [0.1, 0.15) is 54.1 Å². The van der Waals surface area contributed by atoms with Crippen LogP contribution < -0.4 is 10.9 Å². The minimum Gasteiger partial charge on any atom is -0.478 e. The van der Waals surface area contributed by atoms with Crippen molar-refractivity contribution in [2.75, 3.05) is 5.32 Å². The molecule has 0 bridgehead atoms. The van der Waals surface area contributed by atoms with E-state index in [0.29, 0.717) is 35.4 Å². The maximum Gasteiger partial charge on any atom is 0.335 e. The molecule has 2 aromatic rings. The Morgan fingerprint density at radius 2 is 1.88 bits per heavy atom. The van der Waals surface area contributed by atoms with Gasteiger partial charge in [0.05, 0.1) is 11.1 Å². The molecule has 1 aromatic heterocycles. The molecule has 1 atom stereocenters. The van der Waals surface area contributed by atoms with E-state index in [0.717, 1.165) is 5.70 Å². The van der Waals surface area contributed by atoms with Crippen LogP contribution in [0.2, 0.25) is 0 Å². The number of carbonyl (C=O) groups excluding carboxylic acids is 1. The molecule has 1 aliphatic heterocycles. The fourth-order valence-electron chi connectivity index (χ4n) is 4.07. The van der Waals surface area contributed by atoms with Crippen molar-refractivity contribution in [1.29, 1.82) is 0 Å². The molecule has 2 heterocycles. The lowest BCUT2D eigenvalue weighted by Crippen LogP contribution is -2.35. The predicted molar refractivity (Wildman–Crippen MR) is 95.3 cm³/mol. The average Bonchev–Trinajstić information content (AvgIpc) is 2.92. The summed E-state index contributed by atoms with van der Waals surface area (Å²) in [6.45, 7) is 4.04. The van der Waals surface area contributed by atoms with Crippen LogP contribution in [0.3, 0.4) is 0 Å². The molecule has 0 amide bonds. The Labute approximate surface area is 149 Å². The number of hydrogen-bond acceptors (Lipinski definition) is 4. The van der Waals surface area contributed by atoms with E-state index < -0.39 is 11.9 Å². The molecule has 26 heavy (non-hydrogen) atoms. The van der Waals surface area contributed by atoms with Gasteiger partial charge in [-0.2, -0.15) is 0 Å². The fourth-order valence-corrected chi connectivity index (χ4v) is 4.07. The Bertz CT molecular complexity index is 1030. The smallest absolute Gasteiger partial charge is 0.335 e. The normalized spacial score (nSPS) is 21.0. The summed E-state index contributed by atoms with van der Waals surface area (Å²) in [7, 11) is 0. The maximum absolute atomic E-state index is 13.0. The largest absolute Gasteiger partial charge is 0.478 e. The molecule has 7 nitrogen and oxygen atoms in total. The number of carboxylic acid groups (broad SMARTS) is 1. The van der Waals surface area contributed by atoms with Gasteiger partial charge in [-0.15, -0.1) is 0 Å². The number of nitrogens with one attached hydrogen (secondary N) is 3. The van der Waals surface area contributed by atoms with Crippen molar-refractivity contribution in [3.05, 3.63) is 62.6 Å². The van der Waals surface area contributed by atoms with Crippen molar-refractivity contribution in [3.8, 4) is 0 Å². The molecule has 1 unspecified atom stereocenters. The first-order valence-corrected chi connectivity index (χ1v) is 8.44. The number of aromatic nitrogens is 2. The highest BCUT2D eigenvalue weighted by atomic mass is 16.4. The lowest BCUT2D eigenvalue weighted by Gasteiger charge is -2.38. The Kier molecular flexibility index (Phi) is 3.44. The monoisotopic (exact) mass is 353 g/mol. The topological polar surface area (TPSA) is 115 Å². The van der Waals surface area contributed by atoms with Gasteiger partial charge in [0, 0.05) is 23.6 Å². The van der Waals surface area contributed by atoms with Gasteiger partial charge < -0.3 is 10.4 Å². The Morgan fingerprint density at radius 3 is 2.62 bits per heavy atom. The van der Waals surface area contributed by atoms with Crippen LogP contribution in [0, 0.1) is 5.41 Å². The van der Waals surface area contributed by atoms with E-state index >= 15 is 0 Å². The number of benzene rings is 1. The molecule has 134 valence electrons. The number of anilines is 1. The molecule has 1 aliphatic carbocycles. The summed E-state index contributed by atoms with van der Waals surface area (Å²) in [6.07, 6.45) is 1.00. The van der Waals surface area contributed by atoms with Crippen molar-refractivity contribution >= 4 is 17.6 Å². The molecular formula is C19H19N3O4. The summed E-state index contributed by atoms with van der Waals surface area (Å²) in [5.74, 6) is -1.35. The van der Waals surface area contributed by atoms with Gasteiger partial charge in [-0.3, -0.25) is 19.8 Å². The molecule has 4 rings (SSSR count). The number of rotatable bonds is 2. The Hall–Kier alpha value is -3.09. The van der Waals surface area contributed by atoms with E-state index in [1.807, 2.05) is 13.8 Å². The van der Waals surface area contributed by atoms with E-state index in [1.54, 1.807) is 18.2 Å². The first-order chi connectivity index (χ1) is 12.3. The molecular weight excluding hydrogens is 334 g/mol. The summed E-state index contributed by atoms with van der Waals surface area (Å²) in [6, 6.07) is 6.53. The first kappa shape index (κ1) is 16.4. The SMILES string of the molecule is CC1(C)CC(=O)C2=C(C1)Nc1[nH][nH]c(=O)c1C2c1ccccc1C(=O)O. The second-order valence-corrected chi connectivity index (χ2v) is 7.65. The third kappa shape index (κ3) is 2.39. The van der Waals surface area contributed by atoms with E-state index in [4.69, 9.17) is 0 Å². The molecule has 1 aromatic carbocycles. The van der Waals surface area contributed by atoms with Crippen molar-refractivity contribution in [2.24, 2.45) is 5.41 Å². The van der Waals surface area contributed by atoms with E-state index in [1.165, 1.54) is 6.07 Å². The number of fused-ring (bicyclic) bond motifs is 1. The molecule has 0 saturated carbocycles. The van der Waals surface area contributed by atoms with Gasteiger partial charge in [0.2, 0.25) is 0 Å². The minimum atomic E-state index is -1.08. The van der Waals surface area contributed by atoms with E-state index in [2.05, 4.69) is 15.5 Å². The zero-order chi connectivity index (χ0) is 18.6. The third-order valence-corrected chi connectivity index (χ3v) is 5.09. The Balaban J connectivity index is 2.01. The maximum atomic E-state index is 13.0. The van der Waals surface area contributed by atoms with Gasteiger partial charge in [0.15, 0.2) is 5.78 Å². The lowest BCUT2D eigenvalue weighted by molar-refractivity contribution is -0.118. The number of Topliss-reactive ketones (excluding diaryl/α,β-unsaturated/α-hetero) is 1. The van der Waals surface area contributed by atoms with Crippen molar-refractivity contribution in [2.45, 2.75) is 32.6 Å². The number of hydrogen-bond donors (Lipinski definition) is 4. The molecule has 0 radical (unpaired) electrons. The zero-order valence-electron chi connectivity index (χ0n) is 14.5. The van der Waals surface area contributed by atoms with Gasteiger partial charge in [0.25, 0.3) is 5.56 Å². The van der Waals surface area contributed by atoms with Gasteiger partial charge in [-0.1, -0.05) is 32.0 Å². The van der Waals surface area contributed by atoms with Crippen LogP contribution in [0.5, 0.6) is 0 Å². The van der Waals surface area contributed by atoms with E-state index in [-0.39, 0.29) is 22.3 Å². The fraction of sp³-hybridized carbons (Fsp3) is 0.316. The van der Waals surface area contributed by atoms with E-state index in [9.17, 15) is 19.5 Å². The van der Waals surface area contributed by atoms with Crippen LogP contribution in [0.15, 0.2) is 40.3 Å². The summed E-state index contributed by atoms with van der Waals surface area (Å²) < 4.78 is 0. The standard InChI is InChI=1S/C19H19N3O4/c1-19(2)7-11-14(12(23)8-19)13(15-16(20-11)21-22-17(15)24)9-5-3-4-6-10(9)18(25)26/h3-6,13H,7-8H2,1-2H3,(H,25,26)(H3,20,21,22,24). The number of aromatic carboxylic acids is 1. The van der Waals surface area contributed by atoms with Crippen LogP contribution in [0.4, 0.5) is 5.82 Å². The first-order valence-electron chi connectivity index (χ1n) is 8.44. The van der Waals surface area contributed by atoms with Gasteiger partial charge in [0.1, 0.15) is 5.82 Å². The van der Waals surface area contributed by atoms with Crippen molar-refractivity contribution in [3.63, 3.8) is 0 Å².